The third-order valence-corrected chi connectivity index (χ3v) is 2.19. The number of nitriles is 1. The second-order valence-electron chi connectivity index (χ2n) is 3.63. The highest BCUT2D eigenvalue weighted by atomic mass is 16.1. The van der Waals surface area contributed by atoms with Gasteiger partial charge in [-0.05, 0) is 11.6 Å². The fourth-order valence-corrected chi connectivity index (χ4v) is 1.42. The highest BCUT2D eigenvalue weighted by molar-refractivity contribution is 5.78. The summed E-state index contributed by atoms with van der Waals surface area (Å²) in [7, 11) is 3.91. The largest absolute Gasteiger partial charge is 0.377 e. The number of benzene rings is 1. The number of carbonyl (C=O) groups excluding carboxylic acids is 1. The Balaban J connectivity index is 2.67. The van der Waals surface area contributed by atoms with Gasteiger partial charge in [0.05, 0.1) is 6.07 Å². The van der Waals surface area contributed by atoms with Crippen LogP contribution in [-0.4, -0.2) is 20.0 Å². The summed E-state index contributed by atoms with van der Waals surface area (Å²) in [5, 5.41) is 11.1. The zero-order valence-corrected chi connectivity index (χ0v) is 9.53. The minimum absolute atomic E-state index is 0.0931. The molecule has 0 aliphatic rings. The molecule has 84 valence electrons. The number of hydrogen-bond acceptors (Lipinski definition) is 3. The molecule has 0 aliphatic heterocycles. The summed E-state index contributed by atoms with van der Waals surface area (Å²) in [5.74, 6) is -0.240. The van der Waals surface area contributed by atoms with Crippen molar-refractivity contribution in [1.29, 1.82) is 5.26 Å². The summed E-state index contributed by atoms with van der Waals surface area (Å²) in [4.78, 5) is 13.1. The molecule has 1 rings (SSSR count). The Morgan fingerprint density at radius 1 is 1.44 bits per heavy atom. The molecule has 4 nitrogen and oxygen atoms in total. The van der Waals surface area contributed by atoms with Gasteiger partial charge in [-0.2, -0.15) is 5.26 Å². The Kier molecular flexibility index (Phi) is 4.34. The highest BCUT2D eigenvalue weighted by Gasteiger charge is 2.05. The minimum Gasteiger partial charge on any atom is -0.377 e. The number of anilines is 1. The van der Waals surface area contributed by atoms with Crippen molar-refractivity contribution in [2.24, 2.45) is 0 Å². The molecule has 0 atom stereocenters. The maximum Gasteiger partial charge on any atom is 0.234 e. The van der Waals surface area contributed by atoms with Gasteiger partial charge in [0.15, 0.2) is 0 Å². The maximum atomic E-state index is 11.2. The van der Waals surface area contributed by atoms with E-state index >= 15 is 0 Å². The van der Waals surface area contributed by atoms with Crippen molar-refractivity contribution in [3.05, 3.63) is 29.8 Å². The lowest BCUT2D eigenvalue weighted by atomic mass is 10.1. The van der Waals surface area contributed by atoms with Gasteiger partial charge < -0.3 is 10.2 Å². The van der Waals surface area contributed by atoms with Crippen molar-refractivity contribution in [1.82, 2.24) is 5.32 Å². The van der Waals surface area contributed by atoms with Crippen LogP contribution in [-0.2, 0) is 11.3 Å². The summed E-state index contributed by atoms with van der Waals surface area (Å²) in [6.07, 6.45) is -0.0931. The first-order valence-electron chi connectivity index (χ1n) is 5.04. The SMILES string of the molecule is CN(C)c1ccccc1CNC(=O)CC#N. The smallest absolute Gasteiger partial charge is 0.234 e. The standard InChI is InChI=1S/C12H15N3O/c1-15(2)11-6-4-3-5-10(11)9-14-12(16)7-8-13/h3-6H,7,9H2,1-2H3,(H,14,16). The molecule has 16 heavy (non-hydrogen) atoms. The van der Waals surface area contributed by atoms with Gasteiger partial charge in [-0.25, -0.2) is 0 Å². The summed E-state index contributed by atoms with van der Waals surface area (Å²) in [6.45, 7) is 0.453. The van der Waals surface area contributed by atoms with Crippen molar-refractivity contribution in [3.8, 4) is 6.07 Å². The van der Waals surface area contributed by atoms with Gasteiger partial charge in [0.25, 0.3) is 0 Å². The third-order valence-electron chi connectivity index (χ3n) is 2.19. The zero-order chi connectivity index (χ0) is 12.0. The van der Waals surface area contributed by atoms with Crippen molar-refractivity contribution in [2.75, 3.05) is 19.0 Å². The Hall–Kier alpha value is -2.02. The number of amides is 1. The fourth-order valence-electron chi connectivity index (χ4n) is 1.42. The molecule has 0 heterocycles. The summed E-state index contributed by atoms with van der Waals surface area (Å²) in [6, 6.07) is 9.65. The number of nitrogens with zero attached hydrogens (tertiary/aromatic N) is 2. The molecule has 0 spiro atoms. The van der Waals surface area contributed by atoms with E-state index in [4.69, 9.17) is 5.26 Å². The van der Waals surface area contributed by atoms with Gasteiger partial charge in [-0.3, -0.25) is 4.79 Å². The van der Waals surface area contributed by atoms with E-state index in [1.165, 1.54) is 0 Å². The highest BCUT2D eigenvalue weighted by Crippen LogP contribution is 2.17. The number of carbonyl (C=O) groups is 1. The first kappa shape index (κ1) is 12.1. The van der Waals surface area contributed by atoms with Crippen molar-refractivity contribution >= 4 is 11.6 Å². The van der Waals surface area contributed by atoms with E-state index in [1.54, 1.807) is 0 Å². The van der Waals surface area contributed by atoms with Crippen LogP contribution in [0, 0.1) is 11.3 Å². The first-order valence-corrected chi connectivity index (χ1v) is 5.04. The van der Waals surface area contributed by atoms with E-state index in [0.717, 1.165) is 11.3 Å². The Morgan fingerprint density at radius 3 is 2.75 bits per heavy atom. The average Bonchev–Trinajstić information content (AvgIpc) is 2.27. The second-order valence-corrected chi connectivity index (χ2v) is 3.63. The lowest BCUT2D eigenvalue weighted by Crippen LogP contribution is -2.23. The van der Waals surface area contributed by atoms with Crippen LogP contribution in [0.2, 0.25) is 0 Å². The van der Waals surface area contributed by atoms with Gasteiger partial charge >= 0.3 is 0 Å². The number of para-hydroxylation sites is 1. The van der Waals surface area contributed by atoms with Crippen LogP contribution in [0.3, 0.4) is 0 Å². The molecule has 0 aromatic heterocycles. The van der Waals surface area contributed by atoms with E-state index in [9.17, 15) is 4.79 Å². The Bertz CT molecular complexity index is 407. The molecular weight excluding hydrogens is 202 g/mol. The molecular formula is C12H15N3O. The minimum atomic E-state index is -0.240. The number of rotatable bonds is 4. The normalized spacial score (nSPS) is 9.31. The monoisotopic (exact) mass is 217 g/mol. The predicted molar refractivity (Wildman–Crippen MR) is 62.8 cm³/mol. The van der Waals surface area contributed by atoms with Crippen molar-refractivity contribution < 1.29 is 4.79 Å². The molecule has 0 fully saturated rings. The average molecular weight is 217 g/mol. The molecule has 4 heteroatoms. The van der Waals surface area contributed by atoms with Gasteiger partial charge in [0, 0.05) is 26.3 Å². The van der Waals surface area contributed by atoms with Crippen LogP contribution < -0.4 is 10.2 Å². The Labute approximate surface area is 95.5 Å². The van der Waals surface area contributed by atoms with E-state index < -0.39 is 0 Å². The lowest BCUT2D eigenvalue weighted by molar-refractivity contribution is -0.120. The second kappa shape index (κ2) is 5.76. The lowest BCUT2D eigenvalue weighted by Gasteiger charge is -2.17. The van der Waals surface area contributed by atoms with Gasteiger partial charge in [0.1, 0.15) is 6.42 Å². The zero-order valence-electron chi connectivity index (χ0n) is 9.53. The molecule has 1 N–H and O–H groups in total. The summed E-state index contributed by atoms with van der Waals surface area (Å²) >= 11 is 0. The van der Waals surface area contributed by atoms with E-state index in [-0.39, 0.29) is 12.3 Å². The third kappa shape index (κ3) is 3.28. The van der Waals surface area contributed by atoms with E-state index in [0.29, 0.717) is 6.54 Å². The quantitative estimate of drug-likeness (QED) is 0.826. The molecule has 1 aromatic carbocycles. The molecule has 0 saturated heterocycles. The van der Waals surface area contributed by atoms with E-state index in [2.05, 4.69) is 5.32 Å². The Morgan fingerprint density at radius 2 is 2.12 bits per heavy atom. The maximum absolute atomic E-state index is 11.2. The number of hydrogen-bond donors (Lipinski definition) is 1. The first-order chi connectivity index (χ1) is 7.65. The van der Waals surface area contributed by atoms with Crippen molar-refractivity contribution in [3.63, 3.8) is 0 Å². The van der Waals surface area contributed by atoms with Crippen LogP contribution in [0.25, 0.3) is 0 Å². The molecule has 0 unspecified atom stereocenters. The molecule has 0 aliphatic carbocycles. The van der Waals surface area contributed by atoms with Crippen LogP contribution in [0.4, 0.5) is 5.69 Å². The van der Waals surface area contributed by atoms with Gasteiger partial charge in [-0.1, -0.05) is 18.2 Å². The molecule has 0 saturated carbocycles. The summed E-state index contributed by atoms with van der Waals surface area (Å²) < 4.78 is 0. The fraction of sp³-hybridized carbons (Fsp3) is 0.333. The van der Waals surface area contributed by atoms with Gasteiger partial charge in [0.2, 0.25) is 5.91 Å². The van der Waals surface area contributed by atoms with Crippen LogP contribution in [0.1, 0.15) is 12.0 Å². The molecule has 0 bridgehead atoms. The molecule has 0 radical (unpaired) electrons. The van der Waals surface area contributed by atoms with Crippen LogP contribution in [0.15, 0.2) is 24.3 Å². The van der Waals surface area contributed by atoms with Crippen molar-refractivity contribution in [2.45, 2.75) is 13.0 Å². The van der Waals surface area contributed by atoms with E-state index in [1.807, 2.05) is 49.3 Å². The van der Waals surface area contributed by atoms with Crippen LogP contribution in [0.5, 0.6) is 0 Å². The topological polar surface area (TPSA) is 56.1 Å². The molecule has 1 amide bonds. The van der Waals surface area contributed by atoms with Gasteiger partial charge in [-0.15, -0.1) is 0 Å². The number of nitrogens with one attached hydrogen (secondary N) is 1. The van der Waals surface area contributed by atoms with Crippen LogP contribution >= 0.6 is 0 Å². The summed E-state index contributed by atoms with van der Waals surface area (Å²) in [5.41, 5.74) is 2.11. The molecule has 1 aromatic rings. The predicted octanol–water partition coefficient (Wildman–Crippen LogP) is 1.28.